The minimum atomic E-state index is -0.825. The number of carbonyl (C=O) groups is 2. The number of carbonyl (C=O) groups excluding carboxylic acids is 2. The molecule has 8 nitrogen and oxygen atoms in total. The maximum atomic E-state index is 14.1. The number of nitrogens with one attached hydrogen (secondary N) is 1. The number of fused-ring (bicyclic) bond motifs is 2. The Morgan fingerprint density at radius 1 is 1.19 bits per heavy atom. The van der Waals surface area contributed by atoms with Crippen molar-refractivity contribution in [1.82, 2.24) is 4.57 Å². The van der Waals surface area contributed by atoms with E-state index in [1.807, 2.05) is 37.3 Å². The van der Waals surface area contributed by atoms with Crippen LogP contribution in [0, 0.1) is 0 Å². The summed E-state index contributed by atoms with van der Waals surface area (Å²) in [6.07, 6.45) is 1.26. The van der Waals surface area contributed by atoms with Crippen LogP contribution in [0.3, 0.4) is 0 Å². The average molecular weight is 582 g/mol. The summed E-state index contributed by atoms with van der Waals surface area (Å²) in [5, 5.41) is 2.84. The van der Waals surface area contributed by atoms with Crippen molar-refractivity contribution in [3.8, 4) is 5.75 Å². The van der Waals surface area contributed by atoms with Crippen LogP contribution in [0.25, 0.3) is 5.57 Å². The highest BCUT2D eigenvalue weighted by atomic mass is 79.9. The molecule has 0 spiro atoms. The predicted molar refractivity (Wildman–Crippen MR) is 144 cm³/mol. The number of aromatic nitrogens is 1. The molecule has 1 aromatic heterocycles. The Morgan fingerprint density at radius 3 is 2.70 bits per heavy atom. The second-order valence-corrected chi connectivity index (χ2v) is 10.4. The van der Waals surface area contributed by atoms with Crippen molar-refractivity contribution in [2.45, 2.75) is 32.7 Å². The fourth-order valence-electron chi connectivity index (χ4n) is 4.72. The van der Waals surface area contributed by atoms with Gasteiger partial charge in [0.25, 0.3) is 11.5 Å². The van der Waals surface area contributed by atoms with E-state index in [1.54, 1.807) is 26.2 Å². The molecular weight excluding hydrogens is 558 g/mol. The fourth-order valence-corrected chi connectivity index (χ4v) is 6.20. The van der Waals surface area contributed by atoms with Crippen molar-refractivity contribution in [3.63, 3.8) is 0 Å². The van der Waals surface area contributed by atoms with Crippen LogP contribution in [0.1, 0.15) is 43.9 Å². The van der Waals surface area contributed by atoms with Crippen LogP contribution in [0.2, 0.25) is 0 Å². The van der Waals surface area contributed by atoms with Crippen molar-refractivity contribution in [3.05, 3.63) is 89.0 Å². The molecule has 0 unspecified atom stereocenters. The summed E-state index contributed by atoms with van der Waals surface area (Å²) < 4.78 is 13.6. The lowest BCUT2D eigenvalue weighted by molar-refractivity contribution is -0.139. The first-order chi connectivity index (χ1) is 17.9. The van der Waals surface area contributed by atoms with E-state index < -0.39 is 17.6 Å². The molecule has 0 bridgehead atoms. The first kappa shape index (κ1) is 25.2. The van der Waals surface area contributed by atoms with Gasteiger partial charge < -0.3 is 14.8 Å². The molecule has 37 heavy (non-hydrogen) atoms. The molecule has 10 heteroatoms. The Bertz CT molecular complexity index is 1650. The third-order valence-electron chi connectivity index (χ3n) is 6.25. The third-order valence-corrected chi connectivity index (χ3v) is 7.80. The van der Waals surface area contributed by atoms with E-state index >= 15 is 0 Å². The molecule has 0 fully saturated rings. The first-order valence-electron chi connectivity index (χ1n) is 11.9. The Kier molecular flexibility index (Phi) is 6.87. The van der Waals surface area contributed by atoms with Crippen LogP contribution in [-0.2, 0) is 14.3 Å². The minimum absolute atomic E-state index is 0.181. The summed E-state index contributed by atoms with van der Waals surface area (Å²) in [7, 11) is 1.54. The second-order valence-electron chi connectivity index (χ2n) is 8.50. The van der Waals surface area contributed by atoms with Crippen molar-refractivity contribution in [2.75, 3.05) is 19.0 Å². The van der Waals surface area contributed by atoms with Gasteiger partial charge in [-0.3, -0.25) is 14.2 Å². The SMILES string of the molecule is CCCC1=C(C(=O)OCC)[C@@H](c2ccccc2OC)n2c(s/c(=C3\C(=O)Nc4ccc(Br)cc43)c2=O)=N1. The zero-order chi connectivity index (χ0) is 26.3. The molecular formula is C27H24BrN3O5S. The van der Waals surface area contributed by atoms with E-state index in [1.165, 1.54) is 4.57 Å². The van der Waals surface area contributed by atoms with Gasteiger partial charge in [0.1, 0.15) is 16.3 Å². The van der Waals surface area contributed by atoms with Crippen LogP contribution in [0.4, 0.5) is 5.69 Å². The number of anilines is 1. The lowest BCUT2D eigenvalue weighted by atomic mass is 9.93. The van der Waals surface area contributed by atoms with Gasteiger partial charge in [-0.1, -0.05) is 58.8 Å². The topological polar surface area (TPSA) is 99.0 Å². The number of thiazole rings is 1. The van der Waals surface area contributed by atoms with Crippen molar-refractivity contribution < 1.29 is 19.1 Å². The molecule has 0 saturated carbocycles. The molecule has 1 amide bonds. The second kappa shape index (κ2) is 10.1. The van der Waals surface area contributed by atoms with Gasteiger partial charge in [0, 0.05) is 21.3 Å². The minimum Gasteiger partial charge on any atom is -0.496 e. The van der Waals surface area contributed by atoms with E-state index in [-0.39, 0.29) is 22.6 Å². The molecule has 0 aliphatic carbocycles. The summed E-state index contributed by atoms with van der Waals surface area (Å²) in [4.78, 5) is 45.7. The number of benzene rings is 2. The van der Waals surface area contributed by atoms with E-state index in [0.717, 1.165) is 22.2 Å². The highest BCUT2D eigenvalue weighted by Crippen LogP contribution is 2.37. The monoisotopic (exact) mass is 581 g/mol. The molecule has 2 aliphatic heterocycles. The molecule has 5 rings (SSSR count). The maximum Gasteiger partial charge on any atom is 0.338 e. The largest absolute Gasteiger partial charge is 0.496 e. The molecule has 3 aromatic rings. The summed E-state index contributed by atoms with van der Waals surface area (Å²) in [6.45, 7) is 3.92. The van der Waals surface area contributed by atoms with Gasteiger partial charge in [0.2, 0.25) is 0 Å². The Hall–Kier alpha value is -3.50. The van der Waals surface area contributed by atoms with Crippen molar-refractivity contribution in [1.29, 1.82) is 0 Å². The molecule has 1 N–H and O–H groups in total. The molecule has 190 valence electrons. The van der Waals surface area contributed by atoms with E-state index in [4.69, 9.17) is 14.5 Å². The van der Waals surface area contributed by atoms with Crippen LogP contribution in [0.15, 0.2) is 68.0 Å². The standard InChI is InChI=1S/C27H24BrN3O5S/c1-4-8-18-21(26(34)36-5-2)22(15-9-6-7-10-19(15)35-3)31-25(33)23(37-27(31)30-18)20-16-13-14(28)11-12-17(16)29-24(20)32/h6-7,9-13,22H,4-5,8H2,1-3H3,(H,29,32)/b23-20-/t22-/m1/s1. The van der Waals surface area contributed by atoms with Crippen molar-refractivity contribution in [2.24, 2.45) is 4.99 Å². The number of amides is 1. The number of ether oxygens (including phenoxy) is 2. The van der Waals surface area contributed by atoms with E-state index in [2.05, 4.69) is 21.2 Å². The highest BCUT2D eigenvalue weighted by Gasteiger charge is 2.37. The zero-order valence-corrected chi connectivity index (χ0v) is 22.9. The van der Waals surface area contributed by atoms with E-state index in [9.17, 15) is 14.4 Å². The molecule has 1 atom stereocenters. The molecule has 0 saturated heterocycles. The van der Waals surface area contributed by atoms with Gasteiger partial charge in [-0.2, -0.15) is 0 Å². The van der Waals surface area contributed by atoms with Crippen LogP contribution in [0.5, 0.6) is 5.75 Å². The number of allylic oxidation sites excluding steroid dienone is 1. The van der Waals surface area contributed by atoms with Gasteiger partial charge in [-0.25, -0.2) is 9.79 Å². The van der Waals surface area contributed by atoms with E-state index in [0.29, 0.717) is 45.1 Å². The van der Waals surface area contributed by atoms with Gasteiger partial charge in [-0.15, -0.1) is 0 Å². The Morgan fingerprint density at radius 2 is 1.97 bits per heavy atom. The first-order valence-corrected chi connectivity index (χ1v) is 13.5. The smallest absolute Gasteiger partial charge is 0.338 e. The number of para-hydroxylation sites is 1. The number of esters is 1. The van der Waals surface area contributed by atoms with Gasteiger partial charge in [0.15, 0.2) is 4.80 Å². The average Bonchev–Trinajstić information content (AvgIpc) is 3.38. The lowest BCUT2D eigenvalue weighted by Crippen LogP contribution is -2.41. The van der Waals surface area contributed by atoms with Crippen LogP contribution in [-0.4, -0.2) is 30.2 Å². The normalized spacial score (nSPS) is 17.6. The number of nitrogens with zero attached hydrogens (tertiary/aromatic N) is 2. The number of halogens is 1. The zero-order valence-electron chi connectivity index (χ0n) is 20.5. The molecule has 0 radical (unpaired) electrons. The number of hydrogen-bond donors (Lipinski definition) is 1. The fraction of sp³-hybridized carbons (Fsp3) is 0.259. The summed E-state index contributed by atoms with van der Waals surface area (Å²) >= 11 is 4.60. The lowest BCUT2D eigenvalue weighted by Gasteiger charge is -2.26. The summed E-state index contributed by atoms with van der Waals surface area (Å²) in [5.41, 5.74) is 2.65. The maximum absolute atomic E-state index is 14.1. The van der Waals surface area contributed by atoms with Crippen LogP contribution >= 0.6 is 27.3 Å². The Balaban J connectivity index is 1.87. The third kappa shape index (κ3) is 4.23. The number of methoxy groups -OCH3 is 1. The predicted octanol–water partition coefficient (Wildman–Crippen LogP) is 3.67. The van der Waals surface area contributed by atoms with Gasteiger partial charge in [0.05, 0.1) is 30.6 Å². The molecule has 3 heterocycles. The quantitative estimate of drug-likeness (QED) is 0.448. The number of rotatable bonds is 6. The summed E-state index contributed by atoms with van der Waals surface area (Å²) in [6, 6.07) is 11.9. The molecule has 2 aromatic carbocycles. The van der Waals surface area contributed by atoms with Crippen LogP contribution < -0.4 is 24.9 Å². The number of hydrogen-bond acceptors (Lipinski definition) is 7. The van der Waals surface area contributed by atoms with Gasteiger partial charge in [-0.05, 0) is 37.6 Å². The Labute approximate surface area is 225 Å². The van der Waals surface area contributed by atoms with Crippen molar-refractivity contribution >= 4 is 50.4 Å². The molecule has 2 aliphatic rings. The van der Waals surface area contributed by atoms with Gasteiger partial charge >= 0.3 is 5.97 Å². The highest BCUT2D eigenvalue weighted by molar-refractivity contribution is 9.10. The summed E-state index contributed by atoms with van der Waals surface area (Å²) in [5.74, 6) is -0.361.